The molecule has 22 heavy (non-hydrogen) atoms. The Morgan fingerprint density at radius 2 is 2.00 bits per heavy atom. The van der Waals surface area contributed by atoms with E-state index in [1.165, 1.54) is 0 Å². The molecule has 2 saturated heterocycles. The SMILES string of the molecule is Cc1c(I)cccc1C(=O)N1CCC(N2CCNCC2)C1.Cl. The summed E-state index contributed by atoms with van der Waals surface area (Å²) in [7, 11) is 0. The first-order valence-electron chi connectivity index (χ1n) is 7.66. The van der Waals surface area contributed by atoms with E-state index in [1.807, 2.05) is 24.0 Å². The summed E-state index contributed by atoms with van der Waals surface area (Å²) in [5.41, 5.74) is 1.97. The topological polar surface area (TPSA) is 35.6 Å². The van der Waals surface area contributed by atoms with Crippen LogP contribution in [-0.2, 0) is 0 Å². The molecular formula is C16H23ClIN3O. The monoisotopic (exact) mass is 435 g/mol. The lowest BCUT2D eigenvalue weighted by Crippen LogP contribution is -2.49. The number of hydrogen-bond donors (Lipinski definition) is 1. The first-order valence-corrected chi connectivity index (χ1v) is 8.74. The maximum absolute atomic E-state index is 12.7. The van der Waals surface area contributed by atoms with Crippen LogP contribution in [0.15, 0.2) is 18.2 Å². The normalized spacial score (nSPS) is 22.5. The molecule has 2 fully saturated rings. The minimum Gasteiger partial charge on any atom is -0.337 e. The highest BCUT2D eigenvalue weighted by atomic mass is 127. The van der Waals surface area contributed by atoms with Crippen molar-refractivity contribution in [2.45, 2.75) is 19.4 Å². The molecule has 0 bridgehead atoms. The smallest absolute Gasteiger partial charge is 0.254 e. The lowest BCUT2D eigenvalue weighted by molar-refractivity contribution is 0.0772. The van der Waals surface area contributed by atoms with Gasteiger partial charge in [0.25, 0.3) is 5.91 Å². The minimum atomic E-state index is 0. The second-order valence-electron chi connectivity index (χ2n) is 5.89. The van der Waals surface area contributed by atoms with Crippen molar-refractivity contribution in [1.82, 2.24) is 15.1 Å². The quantitative estimate of drug-likeness (QED) is 0.723. The average Bonchev–Trinajstić information content (AvgIpc) is 3.00. The van der Waals surface area contributed by atoms with Crippen LogP contribution in [0.4, 0.5) is 0 Å². The van der Waals surface area contributed by atoms with Gasteiger partial charge in [0.1, 0.15) is 0 Å². The Hall–Kier alpha value is -0.370. The van der Waals surface area contributed by atoms with Gasteiger partial charge < -0.3 is 10.2 Å². The number of amides is 1. The van der Waals surface area contributed by atoms with Crippen LogP contribution >= 0.6 is 35.0 Å². The number of likely N-dealkylation sites (tertiary alicyclic amines) is 1. The Morgan fingerprint density at radius 3 is 2.73 bits per heavy atom. The van der Waals surface area contributed by atoms with Gasteiger partial charge in [0, 0.05) is 54.4 Å². The van der Waals surface area contributed by atoms with Crippen molar-refractivity contribution >= 4 is 40.9 Å². The first-order chi connectivity index (χ1) is 10.2. The van der Waals surface area contributed by atoms with Crippen molar-refractivity contribution in [2.24, 2.45) is 0 Å². The predicted octanol–water partition coefficient (Wildman–Crippen LogP) is 2.14. The standard InChI is InChI=1S/C16H22IN3O.ClH/c1-12-14(3-2-4-15(12)17)16(21)20-8-5-13(11-20)19-9-6-18-7-10-19;/h2-4,13,18H,5-11H2,1H3;1H. The highest BCUT2D eigenvalue weighted by Gasteiger charge is 2.31. The zero-order chi connectivity index (χ0) is 14.8. The number of nitrogens with one attached hydrogen (secondary N) is 1. The van der Waals surface area contributed by atoms with Crippen molar-refractivity contribution in [3.63, 3.8) is 0 Å². The number of rotatable bonds is 2. The fourth-order valence-corrected chi connectivity index (χ4v) is 3.78. The van der Waals surface area contributed by atoms with Gasteiger partial charge in [-0.25, -0.2) is 0 Å². The number of carbonyl (C=O) groups is 1. The Labute approximate surface area is 152 Å². The molecule has 2 aliphatic rings. The molecule has 1 N–H and O–H groups in total. The van der Waals surface area contributed by atoms with Crippen molar-refractivity contribution in [3.8, 4) is 0 Å². The number of benzene rings is 1. The molecule has 3 rings (SSSR count). The average molecular weight is 436 g/mol. The van der Waals surface area contributed by atoms with E-state index in [4.69, 9.17) is 0 Å². The maximum atomic E-state index is 12.7. The molecule has 1 unspecified atom stereocenters. The van der Waals surface area contributed by atoms with E-state index in [2.05, 4.69) is 38.9 Å². The minimum absolute atomic E-state index is 0. The third kappa shape index (κ3) is 3.75. The van der Waals surface area contributed by atoms with E-state index in [0.717, 1.165) is 60.4 Å². The molecule has 0 aromatic heterocycles. The van der Waals surface area contributed by atoms with Crippen molar-refractivity contribution in [3.05, 3.63) is 32.9 Å². The van der Waals surface area contributed by atoms with Crippen molar-refractivity contribution < 1.29 is 4.79 Å². The van der Waals surface area contributed by atoms with Gasteiger partial charge in [0.2, 0.25) is 0 Å². The fourth-order valence-electron chi connectivity index (χ4n) is 3.28. The van der Waals surface area contributed by atoms with Crippen LogP contribution < -0.4 is 5.32 Å². The van der Waals surface area contributed by atoms with Crippen molar-refractivity contribution in [2.75, 3.05) is 39.3 Å². The van der Waals surface area contributed by atoms with E-state index >= 15 is 0 Å². The number of carbonyl (C=O) groups excluding carboxylic acids is 1. The molecule has 4 nitrogen and oxygen atoms in total. The molecule has 2 heterocycles. The summed E-state index contributed by atoms with van der Waals surface area (Å²) >= 11 is 2.30. The lowest BCUT2D eigenvalue weighted by Gasteiger charge is -2.32. The van der Waals surface area contributed by atoms with E-state index in [0.29, 0.717) is 6.04 Å². The van der Waals surface area contributed by atoms with Crippen LogP contribution in [0.25, 0.3) is 0 Å². The maximum Gasteiger partial charge on any atom is 0.254 e. The molecule has 0 saturated carbocycles. The molecule has 1 amide bonds. The molecular weight excluding hydrogens is 413 g/mol. The van der Waals surface area contributed by atoms with Crippen LogP contribution in [-0.4, -0.2) is 61.0 Å². The number of hydrogen-bond acceptors (Lipinski definition) is 3. The third-order valence-electron chi connectivity index (χ3n) is 4.62. The summed E-state index contributed by atoms with van der Waals surface area (Å²) in [5.74, 6) is 0.198. The van der Waals surface area contributed by atoms with Gasteiger partial charge in [-0.3, -0.25) is 9.69 Å². The van der Waals surface area contributed by atoms with E-state index in [-0.39, 0.29) is 18.3 Å². The molecule has 1 atom stereocenters. The van der Waals surface area contributed by atoms with Crippen LogP contribution in [0.1, 0.15) is 22.3 Å². The third-order valence-corrected chi connectivity index (χ3v) is 5.79. The van der Waals surface area contributed by atoms with Gasteiger partial charge in [-0.05, 0) is 53.6 Å². The molecule has 1 aromatic rings. The Balaban J connectivity index is 0.00000176. The van der Waals surface area contributed by atoms with Gasteiger partial charge >= 0.3 is 0 Å². The van der Waals surface area contributed by atoms with Crippen LogP contribution in [0.5, 0.6) is 0 Å². The first kappa shape index (κ1) is 18.0. The Kier molecular flexibility index (Phi) is 6.49. The highest BCUT2D eigenvalue weighted by Crippen LogP contribution is 2.22. The lowest BCUT2D eigenvalue weighted by atomic mass is 10.1. The van der Waals surface area contributed by atoms with Crippen LogP contribution in [0.3, 0.4) is 0 Å². The molecule has 1 aromatic carbocycles. The second-order valence-corrected chi connectivity index (χ2v) is 7.05. The molecule has 2 aliphatic heterocycles. The molecule has 0 radical (unpaired) electrons. The van der Waals surface area contributed by atoms with Crippen molar-refractivity contribution in [1.29, 1.82) is 0 Å². The number of nitrogens with zero attached hydrogens (tertiary/aromatic N) is 2. The van der Waals surface area contributed by atoms with Gasteiger partial charge in [-0.1, -0.05) is 6.07 Å². The van der Waals surface area contributed by atoms with E-state index < -0.39 is 0 Å². The van der Waals surface area contributed by atoms with Gasteiger partial charge in [-0.2, -0.15) is 0 Å². The Bertz CT molecular complexity index is 534. The van der Waals surface area contributed by atoms with E-state index in [1.54, 1.807) is 0 Å². The predicted molar refractivity (Wildman–Crippen MR) is 99.9 cm³/mol. The van der Waals surface area contributed by atoms with Crippen LogP contribution in [0.2, 0.25) is 0 Å². The van der Waals surface area contributed by atoms with Crippen LogP contribution in [0, 0.1) is 10.5 Å². The van der Waals surface area contributed by atoms with Gasteiger partial charge in [0.05, 0.1) is 0 Å². The summed E-state index contributed by atoms with van der Waals surface area (Å²) in [6.07, 6.45) is 1.11. The van der Waals surface area contributed by atoms with Gasteiger partial charge in [0.15, 0.2) is 0 Å². The number of piperazine rings is 1. The summed E-state index contributed by atoms with van der Waals surface area (Å²) in [4.78, 5) is 17.3. The number of halogens is 2. The zero-order valence-corrected chi connectivity index (χ0v) is 15.8. The second kappa shape index (κ2) is 7.95. The summed E-state index contributed by atoms with van der Waals surface area (Å²) < 4.78 is 1.16. The Morgan fingerprint density at radius 1 is 1.27 bits per heavy atom. The largest absolute Gasteiger partial charge is 0.337 e. The molecule has 0 spiro atoms. The molecule has 0 aliphatic carbocycles. The highest BCUT2D eigenvalue weighted by molar-refractivity contribution is 14.1. The zero-order valence-electron chi connectivity index (χ0n) is 12.8. The summed E-state index contributed by atoms with van der Waals surface area (Å²) in [6, 6.07) is 6.53. The molecule has 6 heteroatoms. The van der Waals surface area contributed by atoms with Gasteiger partial charge in [-0.15, -0.1) is 12.4 Å². The summed E-state index contributed by atoms with van der Waals surface area (Å²) in [6.45, 7) is 8.16. The molecule has 122 valence electrons. The van der Waals surface area contributed by atoms with E-state index in [9.17, 15) is 4.79 Å². The summed E-state index contributed by atoms with van der Waals surface area (Å²) in [5, 5.41) is 3.39. The fraction of sp³-hybridized carbons (Fsp3) is 0.562.